The molecule has 31 heavy (non-hydrogen) atoms. The summed E-state index contributed by atoms with van der Waals surface area (Å²) in [5.74, 6) is -1.20. The van der Waals surface area contributed by atoms with E-state index in [1.807, 2.05) is 24.3 Å². The molecule has 0 radical (unpaired) electrons. The highest BCUT2D eigenvalue weighted by atomic mass is 16.5. The summed E-state index contributed by atoms with van der Waals surface area (Å²) < 4.78 is 11.1. The highest BCUT2D eigenvalue weighted by Crippen LogP contribution is 2.37. The molecule has 5 heteroatoms. The summed E-state index contributed by atoms with van der Waals surface area (Å²) in [6.45, 7) is -0.314. The van der Waals surface area contributed by atoms with Crippen LogP contribution in [0.3, 0.4) is 0 Å². The molecule has 5 nitrogen and oxygen atoms in total. The van der Waals surface area contributed by atoms with E-state index in [9.17, 15) is 14.4 Å². The molecule has 0 aliphatic heterocycles. The van der Waals surface area contributed by atoms with Crippen LogP contribution in [0, 0.1) is 5.41 Å². The summed E-state index contributed by atoms with van der Waals surface area (Å²) in [5.41, 5.74) is 1.22. The molecule has 1 aliphatic carbocycles. The summed E-state index contributed by atoms with van der Waals surface area (Å²) in [4.78, 5) is 38.5. The first-order chi connectivity index (χ1) is 15.1. The number of hydrogen-bond donors (Lipinski definition) is 0. The molecule has 0 fully saturated rings. The number of fused-ring (bicyclic) bond motifs is 1. The third kappa shape index (κ3) is 4.40. The quantitative estimate of drug-likeness (QED) is 0.555. The standard InChI is InChI=1S/C26H22O5/c27-23-22-14-8-7-9-19(22)15-16-26(23,17-30-24(28)20-10-3-1-4-11-20)18-31-25(29)21-12-5-2-6-13-21/h1-14H,15-18H2. The Balaban J connectivity index is 1.56. The highest BCUT2D eigenvalue weighted by molar-refractivity contribution is 6.03. The first kappa shape index (κ1) is 20.5. The zero-order valence-electron chi connectivity index (χ0n) is 17.0. The Morgan fingerprint density at radius 2 is 1.19 bits per heavy atom. The molecule has 0 unspecified atom stereocenters. The Bertz CT molecular complexity index is 1030. The van der Waals surface area contributed by atoms with Gasteiger partial charge in [-0.2, -0.15) is 0 Å². The lowest BCUT2D eigenvalue weighted by Gasteiger charge is -2.35. The van der Waals surface area contributed by atoms with E-state index in [0.29, 0.717) is 29.5 Å². The molecule has 3 aromatic rings. The van der Waals surface area contributed by atoms with E-state index in [4.69, 9.17) is 9.47 Å². The van der Waals surface area contributed by atoms with Crippen molar-refractivity contribution < 1.29 is 23.9 Å². The Morgan fingerprint density at radius 3 is 1.74 bits per heavy atom. The van der Waals surface area contributed by atoms with Gasteiger partial charge in [0.05, 0.1) is 11.1 Å². The third-order valence-electron chi connectivity index (χ3n) is 5.59. The number of ketones is 1. The summed E-state index contributed by atoms with van der Waals surface area (Å²) in [6, 6.07) is 24.6. The van der Waals surface area contributed by atoms with Crippen molar-refractivity contribution in [3.8, 4) is 0 Å². The van der Waals surface area contributed by atoms with Crippen LogP contribution in [0.5, 0.6) is 0 Å². The van der Waals surface area contributed by atoms with Crippen LogP contribution in [0.15, 0.2) is 84.9 Å². The van der Waals surface area contributed by atoms with Crippen molar-refractivity contribution in [2.45, 2.75) is 12.8 Å². The van der Waals surface area contributed by atoms with Gasteiger partial charge >= 0.3 is 11.9 Å². The maximum absolute atomic E-state index is 13.5. The van der Waals surface area contributed by atoms with Crippen molar-refractivity contribution in [2.75, 3.05) is 13.2 Å². The SMILES string of the molecule is O=C(OCC1(COC(=O)c2ccccc2)CCc2ccccc2C1=O)c1ccccc1. The Morgan fingerprint density at radius 1 is 0.710 bits per heavy atom. The second-order valence-electron chi connectivity index (χ2n) is 7.65. The largest absolute Gasteiger partial charge is 0.461 e. The maximum atomic E-state index is 13.5. The van der Waals surface area contributed by atoms with Gasteiger partial charge in [-0.1, -0.05) is 60.7 Å². The molecule has 0 saturated heterocycles. The lowest BCUT2D eigenvalue weighted by Crippen LogP contribution is -2.45. The van der Waals surface area contributed by atoms with Crippen LogP contribution in [-0.2, 0) is 15.9 Å². The molecule has 0 spiro atoms. The molecule has 0 saturated carbocycles. The van der Waals surface area contributed by atoms with Gasteiger partial charge in [-0.05, 0) is 42.7 Å². The smallest absolute Gasteiger partial charge is 0.338 e. The Kier molecular flexibility index (Phi) is 5.94. The van der Waals surface area contributed by atoms with Crippen LogP contribution < -0.4 is 0 Å². The van der Waals surface area contributed by atoms with Crippen molar-refractivity contribution in [3.05, 3.63) is 107 Å². The van der Waals surface area contributed by atoms with Crippen molar-refractivity contribution in [1.82, 2.24) is 0 Å². The topological polar surface area (TPSA) is 69.7 Å². The number of carbonyl (C=O) groups is 3. The van der Waals surface area contributed by atoms with Crippen molar-refractivity contribution in [1.29, 1.82) is 0 Å². The molecule has 0 atom stereocenters. The Labute approximate surface area is 180 Å². The number of Topliss-reactive ketones (excluding diaryl/α,β-unsaturated/α-hetero) is 1. The number of aryl methyl sites for hydroxylation is 1. The number of carbonyl (C=O) groups excluding carboxylic acids is 3. The van der Waals surface area contributed by atoms with Crippen LogP contribution in [0.2, 0.25) is 0 Å². The lowest BCUT2D eigenvalue weighted by molar-refractivity contribution is -0.00337. The molecular formula is C26H22O5. The average molecular weight is 414 g/mol. The fraction of sp³-hybridized carbons (Fsp3) is 0.192. The molecule has 3 aromatic carbocycles. The number of hydrogen-bond acceptors (Lipinski definition) is 5. The summed E-state index contributed by atoms with van der Waals surface area (Å²) in [6.07, 6.45) is 1.06. The minimum Gasteiger partial charge on any atom is -0.461 e. The normalized spacial score (nSPS) is 14.4. The van der Waals surface area contributed by atoms with Gasteiger partial charge in [0.1, 0.15) is 18.6 Å². The Hall–Kier alpha value is -3.73. The molecule has 156 valence electrons. The fourth-order valence-electron chi connectivity index (χ4n) is 3.77. The molecule has 0 amide bonds. The van der Waals surface area contributed by atoms with Crippen LogP contribution in [0.25, 0.3) is 0 Å². The molecule has 0 bridgehead atoms. The molecule has 0 aromatic heterocycles. The van der Waals surface area contributed by atoms with E-state index in [-0.39, 0.29) is 19.0 Å². The van der Waals surface area contributed by atoms with Gasteiger partial charge in [-0.15, -0.1) is 0 Å². The molecule has 1 aliphatic rings. The van der Waals surface area contributed by atoms with E-state index < -0.39 is 17.4 Å². The molecular weight excluding hydrogens is 392 g/mol. The van der Waals surface area contributed by atoms with Crippen molar-refractivity contribution in [3.63, 3.8) is 0 Å². The monoisotopic (exact) mass is 414 g/mol. The van der Waals surface area contributed by atoms with Crippen molar-refractivity contribution in [2.24, 2.45) is 5.41 Å². The van der Waals surface area contributed by atoms with Gasteiger partial charge in [0.15, 0.2) is 5.78 Å². The zero-order chi connectivity index (χ0) is 21.7. The third-order valence-corrected chi connectivity index (χ3v) is 5.59. The number of ether oxygens (including phenoxy) is 2. The maximum Gasteiger partial charge on any atom is 0.338 e. The van der Waals surface area contributed by atoms with Gasteiger partial charge in [-0.25, -0.2) is 9.59 Å². The van der Waals surface area contributed by atoms with Gasteiger partial charge in [-0.3, -0.25) is 4.79 Å². The first-order valence-electron chi connectivity index (χ1n) is 10.2. The zero-order valence-corrected chi connectivity index (χ0v) is 17.0. The number of benzene rings is 3. The number of esters is 2. The van der Waals surface area contributed by atoms with Gasteiger partial charge in [0.2, 0.25) is 0 Å². The van der Waals surface area contributed by atoms with Crippen LogP contribution in [-0.4, -0.2) is 30.9 Å². The summed E-state index contributed by atoms with van der Waals surface area (Å²) in [5, 5.41) is 0. The van der Waals surface area contributed by atoms with E-state index in [1.54, 1.807) is 60.7 Å². The van der Waals surface area contributed by atoms with Gasteiger partial charge in [0, 0.05) is 5.56 Å². The van der Waals surface area contributed by atoms with E-state index in [0.717, 1.165) is 5.56 Å². The van der Waals surface area contributed by atoms with Crippen LogP contribution in [0.4, 0.5) is 0 Å². The number of rotatable bonds is 6. The first-order valence-corrected chi connectivity index (χ1v) is 10.2. The van der Waals surface area contributed by atoms with Gasteiger partial charge in [0.25, 0.3) is 0 Å². The average Bonchev–Trinajstić information content (AvgIpc) is 2.84. The lowest BCUT2D eigenvalue weighted by atomic mass is 9.71. The summed E-state index contributed by atoms with van der Waals surface area (Å²) in [7, 11) is 0. The molecule has 4 rings (SSSR count). The van der Waals surface area contributed by atoms with E-state index in [1.165, 1.54) is 0 Å². The predicted octanol–water partition coefficient (Wildman–Crippen LogP) is 4.52. The fourth-order valence-corrected chi connectivity index (χ4v) is 3.77. The highest BCUT2D eigenvalue weighted by Gasteiger charge is 2.45. The van der Waals surface area contributed by atoms with Crippen LogP contribution >= 0.6 is 0 Å². The predicted molar refractivity (Wildman–Crippen MR) is 115 cm³/mol. The second-order valence-corrected chi connectivity index (χ2v) is 7.65. The second kappa shape index (κ2) is 8.96. The van der Waals surface area contributed by atoms with E-state index in [2.05, 4.69) is 0 Å². The molecule has 0 heterocycles. The van der Waals surface area contributed by atoms with Crippen molar-refractivity contribution >= 4 is 17.7 Å². The van der Waals surface area contributed by atoms with E-state index >= 15 is 0 Å². The van der Waals surface area contributed by atoms with Crippen LogP contribution in [0.1, 0.15) is 43.1 Å². The molecule has 0 N–H and O–H groups in total. The minimum absolute atomic E-state index is 0.157. The minimum atomic E-state index is -1.12. The van der Waals surface area contributed by atoms with Gasteiger partial charge < -0.3 is 9.47 Å². The summed E-state index contributed by atoms with van der Waals surface area (Å²) >= 11 is 0.